The molecule has 3 rings (SSSR count). The first-order valence-electron chi connectivity index (χ1n) is 9.31. The average molecular weight is 369 g/mol. The molecule has 0 atom stereocenters. The number of anilines is 1. The minimum absolute atomic E-state index is 0.0393. The lowest BCUT2D eigenvalue weighted by Gasteiger charge is -2.36. The molecule has 0 aromatic heterocycles. The van der Waals surface area contributed by atoms with Crippen LogP contribution in [0.1, 0.15) is 0 Å². The zero-order chi connectivity index (χ0) is 18.9. The van der Waals surface area contributed by atoms with E-state index < -0.39 is 0 Å². The normalized spacial score (nSPS) is 14.6. The predicted octanol–water partition coefficient (Wildman–Crippen LogP) is 2.01. The summed E-state index contributed by atoms with van der Waals surface area (Å²) in [4.78, 5) is 16.6. The molecule has 0 bridgehead atoms. The van der Waals surface area contributed by atoms with Gasteiger partial charge in [0.05, 0.1) is 25.9 Å². The maximum Gasteiger partial charge on any atom is 0.234 e. The van der Waals surface area contributed by atoms with Crippen molar-refractivity contribution in [1.82, 2.24) is 10.2 Å². The number of benzene rings is 2. The van der Waals surface area contributed by atoms with Gasteiger partial charge in [0.15, 0.2) is 0 Å². The highest BCUT2D eigenvalue weighted by Crippen LogP contribution is 2.28. The largest absolute Gasteiger partial charge is 0.495 e. The molecule has 1 N–H and O–H groups in total. The molecule has 1 fully saturated rings. The SMILES string of the molecule is COc1ccccc1N1CCN(CC(=O)NCCOc2ccccc2)CC1. The van der Waals surface area contributed by atoms with Gasteiger partial charge in [-0.1, -0.05) is 30.3 Å². The number of hydrogen-bond donors (Lipinski definition) is 1. The van der Waals surface area contributed by atoms with Crippen molar-refractivity contribution in [2.45, 2.75) is 0 Å². The van der Waals surface area contributed by atoms with Crippen molar-refractivity contribution in [3.63, 3.8) is 0 Å². The standard InChI is InChI=1S/C21H27N3O3/c1-26-20-10-6-5-9-19(20)24-14-12-23(13-15-24)17-21(25)22-11-16-27-18-7-3-2-4-8-18/h2-10H,11-17H2,1H3,(H,22,25). The third-order valence-corrected chi connectivity index (χ3v) is 4.60. The minimum atomic E-state index is 0.0393. The number of carbonyl (C=O) groups excluding carboxylic acids is 1. The second kappa shape index (κ2) is 9.83. The smallest absolute Gasteiger partial charge is 0.234 e. The van der Waals surface area contributed by atoms with Crippen LogP contribution in [0, 0.1) is 0 Å². The maximum atomic E-state index is 12.1. The Morgan fingerprint density at radius 1 is 1.00 bits per heavy atom. The van der Waals surface area contributed by atoms with Crippen LogP contribution in [0.3, 0.4) is 0 Å². The summed E-state index contributed by atoms with van der Waals surface area (Å²) >= 11 is 0. The summed E-state index contributed by atoms with van der Waals surface area (Å²) in [5, 5.41) is 2.92. The lowest BCUT2D eigenvalue weighted by molar-refractivity contribution is -0.122. The van der Waals surface area contributed by atoms with Crippen molar-refractivity contribution in [2.75, 3.05) is 57.9 Å². The van der Waals surface area contributed by atoms with Crippen LogP contribution < -0.4 is 19.7 Å². The zero-order valence-corrected chi connectivity index (χ0v) is 15.8. The van der Waals surface area contributed by atoms with Crippen molar-refractivity contribution < 1.29 is 14.3 Å². The molecule has 2 aromatic carbocycles. The topological polar surface area (TPSA) is 54.0 Å². The predicted molar refractivity (Wildman–Crippen MR) is 107 cm³/mol. The molecule has 0 unspecified atom stereocenters. The molecule has 0 radical (unpaired) electrons. The summed E-state index contributed by atoms with van der Waals surface area (Å²) in [6, 6.07) is 17.7. The molecule has 6 nitrogen and oxygen atoms in total. The Morgan fingerprint density at radius 3 is 2.44 bits per heavy atom. The number of piperazine rings is 1. The summed E-state index contributed by atoms with van der Waals surface area (Å²) in [5.74, 6) is 1.75. The molecule has 0 aliphatic carbocycles. The quantitative estimate of drug-likeness (QED) is 0.722. The van der Waals surface area contributed by atoms with Crippen molar-refractivity contribution in [3.8, 4) is 11.5 Å². The Labute approximate surface area is 160 Å². The number of nitrogens with zero attached hydrogens (tertiary/aromatic N) is 2. The van der Waals surface area contributed by atoms with Crippen LogP contribution in [-0.2, 0) is 4.79 Å². The number of nitrogens with one attached hydrogen (secondary N) is 1. The molecule has 0 spiro atoms. The van der Waals surface area contributed by atoms with E-state index in [1.807, 2.05) is 48.5 Å². The van der Waals surface area contributed by atoms with Crippen LogP contribution in [0.2, 0.25) is 0 Å². The Morgan fingerprint density at radius 2 is 1.70 bits per heavy atom. The summed E-state index contributed by atoms with van der Waals surface area (Å²) in [5.41, 5.74) is 1.11. The van der Waals surface area contributed by atoms with Crippen LogP contribution in [-0.4, -0.2) is 63.8 Å². The fourth-order valence-electron chi connectivity index (χ4n) is 3.17. The Kier molecular flexibility index (Phi) is 6.93. The summed E-state index contributed by atoms with van der Waals surface area (Å²) < 4.78 is 11.0. The van der Waals surface area contributed by atoms with E-state index in [0.717, 1.165) is 43.4 Å². The van der Waals surface area contributed by atoms with E-state index in [-0.39, 0.29) is 5.91 Å². The average Bonchev–Trinajstić information content (AvgIpc) is 2.72. The van der Waals surface area contributed by atoms with E-state index in [0.29, 0.717) is 19.7 Å². The first-order chi connectivity index (χ1) is 13.3. The Balaban J connectivity index is 1.35. The number of amides is 1. The lowest BCUT2D eigenvalue weighted by Crippen LogP contribution is -2.49. The summed E-state index contributed by atoms with van der Waals surface area (Å²) in [6.45, 7) is 4.87. The number of hydrogen-bond acceptors (Lipinski definition) is 5. The van der Waals surface area contributed by atoms with Crippen molar-refractivity contribution in [2.24, 2.45) is 0 Å². The zero-order valence-electron chi connectivity index (χ0n) is 15.8. The third kappa shape index (κ3) is 5.62. The van der Waals surface area contributed by atoms with E-state index in [4.69, 9.17) is 9.47 Å². The molecule has 1 saturated heterocycles. The number of ether oxygens (including phenoxy) is 2. The highest BCUT2D eigenvalue weighted by atomic mass is 16.5. The van der Waals surface area contributed by atoms with Crippen molar-refractivity contribution in [1.29, 1.82) is 0 Å². The molecule has 144 valence electrons. The molecule has 1 amide bonds. The van der Waals surface area contributed by atoms with Crippen LogP contribution >= 0.6 is 0 Å². The van der Waals surface area contributed by atoms with Gasteiger partial charge in [-0.3, -0.25) is 9.69 Å². The van der Waals surface area contributed by atoms with Gasteiger partial charge in [-0.25, -0.2) is 0 Å². The summed E-state index contributed by atoms with van der Waals surface area (Å²) in [6.07, 6.45) is 0. The second-order valence-corrected chi connectivity index (χ2v) is 6.45. The molecule has 6 heteroatoms. The van der Waals surface area contributed by atoms with Gasteiger partial charge >= 0.3 is 0 Å². The van der Waals surface area contributed by atoms with Gasteiger partial charge in [0.2, 0.25) is 5.91 Å². The van der Waals surface area contributed by atoms with Crippen molar-refractivity contribution in [3.05, 3.63) is 54.6 Å². The van der Waals surface area contributed by atoms with Gasteiger partial charge in [-0.2, -0.15) is 0 Å². The molecular weight excluding hydrogens is 342 g/mol. The Hall–Kier alpha value is -2.73. The molecule has 2 aromatic rings. The van der Waals surface area contributed by atoms with Gasteiger partial charge in [0.1, 0.15) is 18.1 Å². The number of rotatable bonds is 8. The second-order valence-electron chi connectivity index (χ2n) is 6.45. The van der Waals surface area contributed by atoms with Gasteiger partial charge in [-0.05, 0) is 24.3 Å². The molecule has 0 saturated carbocycles. The van der Waals surface area contributed by atoms with Gasteiger partial charge < -0.3 is 19.7 Å². The van der Waals surface area contributed by atoms with Crippen molar-refractivity contribution >= 4 is 11.6 Å². The number of para-hydroxylation sites is 3. The van der Waals surface area contributed by atoms with Crippen LogP contribution in [0.15, 0.2) is 54.6 Å². The van der Waals surface area contributed by atoms with Gasteiger partial charge in [0.25, 0.3) is 0 Å². The van der Waals surface area contributed by atoms with E-state index in [9.17, 15) is 4.79 Å². The Bertz CT molecular complexity index is 716. The molecule has 1 aliphatic heterocycles. The number of carbonyl (C=O) groups is 1. The van der Waals surface area contributed by atoms with Gasteiger partial charge in [0, 0.05) is 26.2 Å². The molecular formula is C21H27N3O3. The minimum Gasteiger partial charge on any atom is -0.495 e. The fourth-order valence-corrected chi connectivity index (χ4v) is 3.17. The first kappa shape index (κ1) is 19.0. The van der Waals surface area contributed by atoms with E-state index in [2.05, 4.69) is 21.2 Å². The maximum absolute atomic E-state index is 12.1. The number of methoxy groups -OCH3 is 1. The molecule has 27 heavy (non-hydrogen) atoms. The highest BCUT2D eigenvalue weighted by molar-refractivity contribution is 5.78. The fraction of sp³-hybridized carbons (Fsp3) is 0.381. The lowest BCUT2D eigenvalue weighted by atomic mass is 10.2. The monoisotopic (exact) mass is 369 g/mol. The van der Waals surface area contributed by atoms with Crippen LogP contribution in [0.4, 0.5) is 5.69 Å². The van der Waals surface area contributed by atoms with E-state index in [1.165, 1.54) is 0 Å². The van der Waals surface area contributed by atoms with Crippen LogP contribution in [0.5, 0.6) is 11.5 Å². The third-order valence-electron chi connectivity index (χ3n) is 4.60. The van der Waals surface area contributed by atoms with Crippen LogP contribution in [0.25, 0.3) is 0 Å². The first-order valence-corrected chi connectivity index (χ1v) is 9.31. The summed E-state index contributed by atoms with van der Waals surface area (Å²) in [7, 11) is 1.70. The van der Waals surface area contributed by atoms with E-state index in [1.54, 1.807) is 7.11 Å². The van der Waals surface area contributed by atoms with E-state index >= 15 is 0 Å². The van der Waals surface area contributed by atoms with Gasteiger partial charge in [-0.15, -0.1) is 0 Å². The highest BCUT2D eigenvalue weighted by Gasteiger charge is 2.20. The molecule has 1 heterocycles. The molecule has 1 aliphatic rings.